The fourth-order valence-corrected chi connectivity index (χ4v) is 2.45. The average Bonchev–Trinajstić information content (AvgIpc) is 2.52. The maximum absolute atomic E-state index is 5.79. The van der Waals surface area contributed by atoms with Crippen LogP contribution in [0.2, 0.25) is 0 Å². The zero-order chi connectivity index (χ0) is 14.5. The zero-order valence-electron chi connectivity index (χ0n) is 12.3. The summed E-state index contributed by atoms with van der Waals surface area (Å²) in [6.07, 6.45) is 4.90. The van der Waals surface area contributed by atoms with Gasteiger partial charge in [-0.1, -0.05) is 6.07 Å². The minimum Gasteiger partial charge on any atom is -0.487 e. The lowest BCUT2D eigenvalue weighted by molar-refractivity contribution is 0.226. The number of ether oxygens (including phenoxy) is 1. The van der Waals surface area contributed by atoms with E-state index in [2.05, 4.69) is 40.7 Å². The standard InChI is InChI=1S/C17H21N3O/c1-13-11-20-16-10-14(2-3-17(16)21-13)4-9-19-12-15-5-7-18-8-6-15/h2-3,5-8,10,13,19-20H,4,9,11-12H2,1H3. The topological polar surface area (TPSA) is 46.2 Å². The van der Waals surface area contributed by atoms with Crippen LogP contribution in [0.15, 0.2) is 42.7 Å². The number of aromatic nitrogens is 1. The van der Waals surface area contributed by atoms with Crippen LogP contribution < -0.4 is 15.4 Å². The van der Waals surface area contributed by atoms with Crippen molar-refractivity contribution < 1.29 is 4.74 Å². The third-order valence-corrected chi connectivity index (χ3v) is 3.62. The molecule has 1 aliphatic rings. The number of nitrogens with zero attached hydrogens (tertiary/aromatic N) is 1. The minimum absolute atomic E-state index is 0.241. The highest BCUT2D eigenvalue weighted by Crippen LogP contribution is 2.29. The van der Waals surface area contributed by atoms with Gasteiger partial charge in [0.1, 0.15) is 11.9 Å². The van der Waals surface area contributed by atoms with Crippen molar-refractivity contribution in [1.82, 2.24) is 10.3 Å². The van der Waals surface area contributed by atoms with Crippen LogP contribution in [0.25, 0.3) is 0 Å². The summed E-state index contributed by atoms with van der Waals surface area (Å²) < 4.78 is 5.79. The molecule has 2 N–H and O–H groups in total. The number of rotatable bonds is 5. The van der Waals surface area contributed by atoms with E-state index in [1.807, 2.05) is 24.5 Å². The smallest absolute Gasteiger partial charge is 0.142 e. The highest BCUT2D eigenvalue weighted by Gasteiger charge is 2.15. The first kappa shape index (κ1) is 13.9. The van der Waals surface area contributed by atoms with Gasteiger partial charge in [0.15, 0.2) is 0 Å². The molecule has 110 valence electrons. The van der Waals surface area contributed by atoms with E-state index in [9.17, 15) is 0 Å². The molecule has 0 radical (unpaired) electrons. The van der Waals surface area contributed by atoms with Gasteiger partial charge in [-0.15, -0.1) is 0 Å². The van der Waals surface area contributed by atoms with Gasteiger partial charge in [-0.2, -0.15) is 0 Å². The number of anilines is 1. The van der Waals surface area contributed by atoms with Crippen LogP contribution in [-0.4, -0.2) is 24.2 Å². The highest BCUT2D eigenvalue weighted by molar-refractivity contribution is 5.59. The quantitative estimate of drug-likeness (QED) is 0.828. The molecule has 1 aliphatic heterocycles. The second-order valence-electron chi connectivity index (χ2n) is 5.42. The first-order chi connectivity index (χ1) is 10.3. The van der Waals surface area contributed by atoms with Crippen LogP contribution >= 0.6 is 0 Å². The number of pyridine rings is 1. The molecule has 0 amide bonds. The summed E-state index contributed by atoms with van der Waals surface area (Å²) in [4.78, 5) is 4.02. The average molecular weight is 283 g/mol. The number of hydrogen-bond donors (Lipinski definition) is 2. The molecule has 21 heavy (non-hydrogen) atoms. The molecule has 2 aromatic rings. The van der Waals surface area contributed by atoms with Crippen LogP contribution in [0.3, 0.4) is 0 Å². The van der Waals surface area contributed by atoms with Crippen LogP contribution in [0.1, 0.15) is 18.1 Å². The van der Waals surface area contributed by atoms with E-state index in [-0.39, 0.29) is 6.10 Å². The number of benzene rings is 1. The summed E-state index contributed by atoms with van der Waals surface area (Å²) in [5, 5.41) is 6.87. The molecule has 3 rings (SSSR count). The minimum atomic E-state index is 0.241. The third-order valence-electron chi connectivity index (χ3n) is 3.62. The van der Waals surface area contributed by atoms with Gasteiger partial charge in [-0.25, -0.2) is 0 Å². The summed E-state index contributed by atoms with van der Waals surface area (Å²) >= 11 is 0. The van der Waals surface area contributed by atoms with Crippen LogP contribution in [0.5, 0.6) is 5.75 Å². The van der Waals surface area contributed by atoms with Crippen molar-refractivity contribution in [2.24, 2.45) is 0 Å². The highest BCUT2D eigenvalue weighted by atomic mass is 16.5. The maximum atomic E-state index is 5.79. The van der Waals surface area contributed by atoms with Crippen molar-refractivity contribution >= 4 is 5.69 Å². The van der Waals surface area contributed by atoms with E-state index < -0.39 is 0 Å². The molecule has 1 unspecified atom stereocenters. The predicted molar refractivity (Wildman–Crippen MR) is 84.7 cm³/mol. The van der Waals surface area contributed by atoms with E-state index in [1.165, 1.54) is 11.1 Å². The van der Waals surface area contributed by atoms with Crippen molar-refractivity contribution in [3.63, 3.8) is 0 Å². The van der Waals surface area contributed by atoms with E-state index in [4.69, 9.17) is 4.74 Å². The molecule has 0 spiro atoms. The van der Waals surface area contributed by atoms with Crippen molar-refractivity contribution in [3.8, 4) is 5.75 Å². The fourth-order valence-electron chi connectivity index (χ4n) is 2.45. The first-order valence-corrected chi connectivity index (χ1v) is 7.44. The molecule has 1 aromatic carbocycles. The van der Waals surface area contributed by atoms with E-state index >= 15 is 0 Å². The largest absolute Gasteiger partial charge is 0.487 e. The van der Waals surface area contributed by atoms with Gasteiger partial charge >= 0.3 is 0 Å². The molecule has 0 aliphatic carbocycles. The van der Waals surface area contributed by atoms with Crippen molar-refractivity contribution in [2.75, 3.05) is 18.4 Å². The Kier molecular flexibility index (Phi) is 4.36. The Hall–Kier alpha value is -2.07. The van der Waals surface area contributed by atoms with Crippen molar-refractivity contribution in [1.29, 1.82) is 0 Å². The van der Waals surface area contributed by atoms with Crippen LogP contribution in [-0.2, 0) is 13.0 Å². The molecule has 0 saturated heterocycles. The van der Waals surface area contributed by atoms with Gasteiger partial charge in [0, 0.05) is 18.9 Å². The molecule has 4 heteroatoms. The monoisotopic (exact) mass is 283 g/mol. The van der Waals surface area contributed by atoms with Gasteiger partial charge in [0.05, 0.1) is 12.2 Å². The Morgan fingerprint density at radius 1 is 1.24 bits per heavy atom. The Morgan fingerprint density at radius 2 is 2.10 bits per heavy atom. The first-order valence-electron chi connectivity index (χ1n) is 7.44. The molecule has 0 bridgehead atoms. The molecule has 0 saturated carbocycles. The SMILES string of the molecule is CC1CNc2cc(CCNCc3ccncc3)ccc2O1. The summed E-state index contributed by atoms with van der Waals surface area (Å²) in [7, 11) is 0. The summed E-state index contributed by atoms with van der Waals surface area (Å²) in [5.41, 5.74) is 3.70. The Bertz CT molecular complexity index is 586. The lowest BCUT2D eigenvalue weighted by Gasteiger charge is -2.25. The molecular weight excluding hydrogens is 262 g/mol. The van der Waals surface area contributed by atoms with Gasteiger partial charge in [0.25, 0.3) is 0 Å². The van der Waals surface area contributed by atoms with Crippen molar-refractivity contribution in [2.45, 2.75) is 26.0 Å². The second-order valence-corrected chi connectivity index (χ2v) is 5.42. The normalized spacial score (nSPS) is 16.7. The summed E-state index contributed by atoms with van der Waals surface area (Å²) in [5.74, 6) is 0.960. The van der Waals surface area contributed by atoms with E-state index in [0.717, 1.165) is 37.5 Å². The van der Waals surface area contributed by atoms with E-state index in [0.29, 0.717) is 0 Å². The third kappa shape index (κ3) is 3.73. The molecule has 1 atom stereocenters. The second kappa shape index (κ2) is 6.59. The van der Waals surface area contributed by atoms with Gasteiger partial charge in [-0.3, -0.25) is 4.98 Å². The maximum Gasteiger partial charge on any atom is 0.142 e. The molecule has 4 nitrogen and oxygen atoms in total. The lowest BCUT2D eigenvalue weighted by Crippen LogP contribution is -2.27. The number of hydrogen-bond acceptors (Lipinski definition) is 4. The predicted octanol–water partition coefficient (Wildman–Crippen LogP) is 2.61. The number of fused-ring (bicyclic) bond motifs is 1. The number of nitrogens with one attached hydrogen (secondary N) is 2. The van der Waals surface area contributed by atoms with Gasteiger partial charge < -0.3 is 15.4 Å². The summed E-state index contributed by atoms with van der Waals surface area (Å²) in [6, 6.07) is 10.5. The summed E-state index contributed by atoms with van der Waals surface area (Å²) in [6.45, 7) is 4.79. The Balaban J connectivity index is 1.50. The molecule has 1 aromatic heterocycles. The molecular formula is C17H21N3O. The van der Waals surface area contributed by atoms with Crippen LogP contribution in [0.4, 0.5) is 5.69 Å². The molecule has 0 fully saturated rings. The zero-order valence-corrected chi connectivity index (χ0v) is 12.3. The lowest BCUT2D eigenvalue weighted by atomic mass is 10.1. The van der Waals surface area contributed by atoms with Gasteiger partial charge in [-0.05, 0) is 55.3 Å². The Labute approximate surface area is 125 Å². The van der Waals surface area contributed by atoms with Crippen molar-refractivity contribution in [3.05, 3.63) is 53.9 Å². The molecule has 2 heterocycles. The van der Waals surface area contributed by atoms with E-state index in [1.54, 1.807) is 0 Å². The Morgan fingerprint density at radius 3 is 2.95 bits per heavy atom. The van der Waals surface area contributed by atoms with Gasteiger partial charge in [0.2, 0.25) is 0 Å². The fraction of sp³-hybridized carbons (Fsp3) is 0.353. The van der Waals surface area contributed by atoms with Crippen LogP contribution in [0, 0.1) is 0 Å².